The van der Waals surface area contributed by atoms with Crippen LogP contribution in [0.4, 0.5) is 0 Å². The monoisotopic (exact) mass is 378 g/mol. The number of rotatable bonds is 8. The lowest BCUT2D eigenvalue weighted by Gasteiger charge is -2.19. The van der Waals surface area contributed by atoms with Crippen LogP contribution in [-0.2, 0) is 14.3 Å². The molecule has 0 saturated carbocycles. The van der Waals surface area contributed by atoms with E-state index in [9.17, 15) is 14.4 Å². The average molecular weight is 379 g/mol. The van der Waals surface area contributed by atoms with Gasteiger partial charge in [-0.15, -0.1) is 0 Å². The highest BCUT2D eigenvalue weighted by Gasteiger charge is 2.21. The number of benzene rings is 1. The third kappa shape index (κ3) is 5.63. The van der Waals surface area contributed by atoms with Gasteiger partial charge in [-0.2, -0.15) is 0 Å². The van der Waals surface area contributed by atoms with Crippen molar-refractivity contribution in [1.82, 2.24) is 10.6 Å². The minimum absolute atomic E-state index is 0.0363. The summed E-state index contributed by atoms with van der Waals surface area (Å²) in [4.78, 5) is 35.6. The molecule has 1 heterocycles. The fraction of sp³-hybridized carbons (Fsp3) is 0.278. The first-order chi connectivity index (χ1) is 12.5. The third-order valence-corrected chi connectivity index (χ3v) is 3.94. The highest BCUT2D eigenvalue weighted by molar-refractivity contribution is 6.31. The Hall–Kier alpha value is -2.80. The second-order valence-electron chi connectivity index (χ2n) is 5.41. The molecule has 0 fully saturated rings. The van der Waals surface area contributed by atoms with Crippen LogP contribution in [0.5, 0.6) is 0 Å². The lowest BCUT2D eigenvalue weighted by atomic mass is 10.0. The van der Waals surface area contributed by atoms with Gasteiger partial charge in [0.25, 0.3) is 5.91 Å². The smallest absolute Gasteiger partial charge is 0.307 e. The number of methoxy groups -OCH3 is 1. The average Bonchev–Trinajstić information content (AvgIpc) is 3.16. The summed E-state index contributed by atoms with van der Waals surface area (Å²) >= 11 is 6.16. The summed E-state index contributed by atoms with van der Waals surface area (Å²) in [6.07, 6.45) is 1.38. The summed E-state index contributed by atoms with van der Waals surface area (Å²) in [5, 5.41) is 5.77. The van der Waals surface area contributed by atoms with Gasteiger partial charge in [0.05, 0.1) is 25.8 Å². The van der Waals surface area contributed by atoms with Crippen LogP contribution in [0.25, 0.3) is 0 Å². The largest absolute Gasteiger partial charge is 0.469 e. The minimum atomic E-state index is -0.621. The molecule has 2 aromatic rings. The van der Waals surface area contributed by atoms with E-state index in [-0.39, 0.29) is 31.1 Å². The first-order valence-electron chi connectivity index (χ1n) is 7.93. The van der Waals surface area contributed by atoms with E-state index in [1.807, 2.05) is 0 Å². The maximum atomic E-state index is 12.2. The van der Waals surface area contributed by atoms with Crippen molar-refractivity contribution >= 4 is 29.4 Å². The van der Waals surface area contributed by atoms with Crippen LogP contribution in [0.3, 0.4) is 0 Å². The van der Waals surface area contributed by atoms with E-state index in [1.54, 1.807) is 30.3 Å². The van der Waals surface area contributed by atoms with Crippen molar-refractivity contribution in [3.63, 3.8) is 0 Å². The molecular formula is C18H19ClN2O5. The molecule has 138 valence electrons. The van der Waals surface area contributed by atoms with Gasteiger partial charge in [0, 0.05) is 18.0 Å². The number of hydrogen-bond acceptors (Lipinski definition) is 5. The van der Waals surface area contributed by atoms with Crippen LogP contribution in [0, 0.1) is 0 Å². The molecule has 7 nitrogen and oxygen atoms in total. The summed E-state index contributed by atoms with van der Waals surface area (Å²) < 4.78 is 9.64. The fourth-order valence-electron chi connectivity index (χ4n) is 2.30. The minimum Gasteiger partial charge on any atom is -0.469 e. The number of nitrogens with one attached hydrogen (secondary N) is 2. The summed E-state index contributed by atoms with van der Waals surface area (Å²) in [5.74, 6) is -1.04. The van der Waals surface area contributed by atoms with Crippen molar-refractivity contribution in [2.24, 2.45) is 0 Å². The molecule has 0 bridgehead atoms. The van der Waals surface area contributed by atoms with Gasteiger partial charge in [-0.25, -0.2) is 0 Å². The molecule has 0 saturated heterocycles. The van der Waals surface area contributed by atoms with Gasteiger partial charge in [-0.3, -0.25) is 14.4 Å². The van der Waals surface area contributed by atoms with E-state index in [4.69, 9.17) is 16.0 Å². The molecule has 1 atom stereocenters. The molecule has 2 amide bonds. The van der Waals surface area contributed by atoms with Crippen molar-refractivity contribution in [3.8, 4) is 0 Å². The molecule has 2 rings (SSSR count). The summed E-state index contributed by atoms with van der Waals surface area (Å²) in [7, 11) is 1.28. The van der Waals surface area contributed by atoms with Gasteiger partial charge >= 0.3 is 5.97 Å². The Balaban J connectivity index is 1.92. The van der Waals surface area contributed by atoms with Gasteiger partial charge in [0.1, 0.15) is 0 Å². The van der Waals surface area contributed by atoms with Crippen LogP contribution in [-0.4, -0.2) is 31.4 Å². The number of carbonyl (C=O) groups is 3. The number of carbonyl (C=O) groups excluding carboxylic acids is 3. The molecule has 0 spiro atoms. The zero-order valence-corrected chi connectivity index (χ0v) is 14.9. The normalized spacial score (nSPS) is 11.5. The van der Waals surface area contributed by atoms with Crippen molar-refractivity contribution in [2.45, 2.75) is 18.9 Å². The Bertz CT molecular complexity index is 761. The fourth-order valence-corrected chi connectivity index (χ4v) is 2.56. The number of hydrogen-bond donors (Lipinski definition) is 2. The highest BCUT2D eigenvalue weighted by atomic mass is 35.5. The quantitative estimate of drug-likeness (QED) is 0.688. The molecule has 2 N–H and O–H groups in total. The SMILES string of the molecule is COC(=O)CC(NC(=O)CCNC(=O)c1ccco1)c1ccccc1Cl. The van der Waals surface area contributed by atoms with Crippen LogP contribution < -0.4 is 10.6 Å². The molecule has 0 aliphatic heterocycles. The van der Waals surface area contributed by atoms with Crippen molar-refractivity contribution < 1.29 is 23.5 Å². The predicted octanol–water partition coefficient (Wildman–Crippen LogP) is 2.47. The molecule has 1 aromatic heterocycles. The third-order valence-electron chi connectivity index (χ3n) is 3.60. The molecule has 26 heavy (non-hydrogen) atoms. The van der Waals surface area contributed by atoms with Crippen LogP contribution in [0.2, 0.25) is 5.02 Å². The number of esters is 1. The Morgan fingerprint density at radius 1 is 1.19 bits per heavy atom. The molecule has 0 radical (unpaired) electrons. The summed E-state index contributed by atoms with van der Waals surface area (Å²) in [5.41, 5.74) is 0.618. The second-order valence-corrected chi connectivity index (χ2v) is 5.81. The molecule has 0 aliphatic carbocycles. The molecule has 0 aliphatic rings. The molecule has 1 aromatic carbocycles. The van der Waals surface area contributed by atoms with Gasteiger partial charge < -0.3 is 19.8 Å². The standard InChI is InChI=1S/C18H19ClN2O5/c1-25-17(23)11-14(12-5-2-3-6-13(12)19)21-16(22)8-9-20-18(24)15-7-4-10-26-15/h2-7,10,14H,8-9,11H2,1H3,(H,20,24)(H,21,22). The Morgan fingerprint density at radius 2 is 1.96 bits per heavy atom. The van der Waals surface area contributed by atoms with E-state index in [0.717, 1.165) is 0 Å². The van der Waals surface area contributed by atoms with Crippen LogP contribution in [0.1, 0.15) is 35.0 Å². The topological polar surface area (TPSA) is 97.6 Å². The number of ether oxygens (including phenoxy) is 1. The maximum absolute atomic E-state index is 12.2. The van der Waals surface area contributed by atoms with E-state index in [0.29, 0.717) is 10.6 Å². The lowest BCUT2D eigenvalue weighted by molar-refractivity contribution is -0.141. The van der Waals surface area contributed by atoms with E-state index < -0.39 is 17.9 Å². The summed E-state index contributed by atoms with van der Waals surface area (Å²) in [6.45, 7) is 0.124. The van der Waals surface area contributed by atoms with E-state index >= 15 is 0 Å². The second kappa shape index (κ2) is 9.62. The Morgan fingerprint density at radius 3 is 2.62 bits per heavy atom. The number of amides is 2. The van der Waals surface area contributed by atoms with E-state index in [1.165, 1.54) is 19.4 Å². The van der Waals surface area contributed by atoms with Crippen LogP contribution >= 0.6 is 11.6 Å². The maximum Gasteiger partial charge on any atom is 0.307 e. The Labute approximate surface area is 155 Å². The van der Waals surface area contributed by atoms with Gasteiger partial charge in [-0.05, 0) is 23.8 Å². The summed E-state index contributed by atoms with van der Waals surface area (Å²) in [6, 6.07) is 9.44. The van der Waals surface area contributed by atoms with Gasteiger partial charge in [0.2, 0.25) is 5.91 Å². The van der Waals surface area contributed by atoms with Crippen molar-refractivity contribution in [1.29, 1.82) is 0 Å². The highest BCUT2D eigenvalue weighted by Crippen LogP contribution is 2.25. The number of halogens is 1. The van der Waals surface area contributed by atoms with Gasteiger partial charge in [-0.1, -0.05) is 29.8 Å². The zero-order valence-electron chi connectivity index (χ0n) is 14.2. The van der Waals surface area contributed by atoms with Crippen molar-refractivity contribution in [2.75, 3.05) is 13.7 Å². The lowest BCUT2D eigenvalue weighted by Crippen LogP contribution is -2.34. The number of furan rings is 1. The first kappa shape index (κ1) is 19.5. The zero-order chi connectivity index (χ0) is 18.9. The van der Waals surface area contributed by atoms with Crippen molar-refractivity contribution in [3.05, 3.63) is 59.0 Å². The first-order valence-corrected chi connectivity index (χ1v) is 8.31. The molecule has 1 unspecified atom stereocenters. The van der Waals surface area contributed by atoms with Crippen LogP contribution in [0.15, 0.2) is 47.1 Å². The predicted molar refractivity (Wildman–Crippen MR) is 94.6 cm³/mol. The van der Waals surface area contributed by atoms with Gasteiger partial charge in [0.15, 0.2) is 5.76 Å². The van der Waals surface area contributed by atoms with E-state index in [2.05, 4.69) is 15.4 Å². The molecule has 8 heteroatoms. The Kier molecular flexibility index (Phi) is 7.23. The molecular weight excluding hydrogens is 360 g/mol.